The fraction of sp³-hybridized carbons (Fsp3) is 0.278. The van der Waals surface area contributed by atoms with E-state index in [4.69, 9.17) is 0 Å². The molecule has 0 aliphatic heterocycles. The minimum atomic E-state index is -4.13. The van der Waals surface area contributed by atoms with Crippen molar-refractivity contribution in [1.29, 1.82) is 0 Å². The van der Waals surface area contributed by atoms with E-state index in [1.54, 1.807) is 30.3 Å². The van der Waals surface area contributed by atoms with E-state index >= 15 is 0 Å². The molecule has 236 valence electrons. The van der Waals surface area contributed by atoms with Crippen molar-refractivity contribution in [2.45, 2.75) is 51.1 Å². The number of aryl methyl sites for hydroxylation is 1. The van der Waals surface area contributed by atoms with E-state index < -0.39 is 28.5 Å². The molecule has 45 heavy (non-hydrogen) atoms. The molecule has 4 aromatic rings. The van der Waals surface area contributed by atoms with Gasteiger partial charge < -0.3 is 10.2 Å². The zero-order chi connectivity index (χ0) is 32.4. The normalized spacial score (nSPS) is 12.0. The van der Waals surface area contributed by atoms with Crippen LogP contribution in [0.15, 0.2) is 119 Å². The van der Waals surface area contributed by atoms with E-state index in [9.17, 15) is 18.0 Å². The topological polar surface area (TPSA) is 86.8 Å². The fourth-order valence-electron chi connectivity index (χ4n) is 4.95. The quantitative estimate of drug-likeness (QED) is 0.161. The molecule has 0 bridgehead atoms. The van der Waals surface area contributed by atoms with Crippen LogP contribution in [0.1, 0.15) is 37.5 Å². The third-order valence-corrected chi connectivity index (χ3v) is 9.72. The van der Waals surface area contributed by atoms with Gasteiger partial charge in [0.2, 0.25) is 11.8 Å². The van der Waals surface area contributed by atoms with Gasteiger partial charge in [-0.25, -0.2) is 8.42 Å². The van der Waals surface area contributed by atoms with Crippen LogP contribution in [0, 0.1) is 5.92 Å². The summed E-state index contributed by atoms with van der Waals surface area (Å²) in [6, 6.07) is 31.5. The summed E-state index contributed by atoms with van der Waals surface area (Å²) in [5, 5.41) is 3.01. The van der Waals surface area contributed by atoms with E-state index in [0.717, 1.165) is 31.9 Å². The van der Waals surface area contributed by atoms with E-state index in [0.29, 0.717) is 12.2 Å². The number of anilines is 1. The highest BCUT2D eigenvalue weighted by atomic mass is 79.9. The van der Waals surface area contributed by atoms with Crippen LogP contribution in [0.2, 0.25) is 0 Å². The smallest absolute Gasteiger partial charge is 0.264 e. The van der Waals surface area contributed by atoms with Gasteiger partial charge in [-0.2, -0.15) is 0 Å². The number of nitrogens with one attached hydrogen (secondary N) is 1. The van der Waals surface area contributed by atoms with Crippen molar-refractivity contribution in [2.24, 2.45) is 5.92 Å². The minimum absolute atomic E-state index is 0.0754. The number of rotatable bonds is 14. The predicted octanol–water partition coefficient (Wildman–Crippen LogP) is 6.62. The molecule has 0 heterocycles. The fourth-order valence-corrected chi connectivity index (χ4v) is 6.84. The Labute approximate surface area is 275 Å². The second-order valence-corrected chi connectivity index (χ2v) is 14.1. The summed E-state index contributed by atoms with van der Waals surface area (Å²) in [5.41, 5.74) is 3.11. The van der Waals surface area contributed by atoms with Crippen LogP contribution in [0.4, 0.5) is 5.69 Å². The Bertz CT molecular complexity index is 1660. The zero-order valence-electron chi connectivity index (χ0n) is 25.9. The second kappa shape index (κ2) is 15.9. The van der Waals surface area contributed by atoms with Gasteiger partial charge in [0.05, 0.1) is 10.6 Å². The molecule has 1 N–H and O–H groups in total. The summed E-state index contributed by atoms with van der Waals surface area (Å²) < 4.78 is 30.2. The molecular formula is C36H40BrN3O4S. The maximum absolute atomic E-state index is 14.5. The number of halogens is 1. The van der Waals surface area contributed by atoms with Crippen molar-refractivity contribution < 1.29 is 18.0 Å². The number of amides is 2. The molecule has 7 nitrogen and oxygen atoms in total. The Balaban J connectivity index is 1.79. The van der Waals surface area contributed by atoms with E-state index in [1.165, 1.54) is 17.0 Å². The van der Waals surface area contributed by atoms with Gasteiger partial charge in [0.25, 0.3) is 10.0 Å². The highest BCUT2D eigenvalue weighted by molar-refractivity contribution is 9.10. The largest absolute Gasteiger partial charge is 0.354 e. The van der Waals surface area contributed by atoms with Crippen molar-refractivity contribution in [3.8, 4) is 0 Å². The second-order valence-electron chi connectivity index (χ2n) is 11.3. The van der Waals surface area contributed by atoms with Gasteiger partial charge in [0, 0.05) is 24.0 Å². The first-order chi connectivity index (χ1) is 21.6. The van der Waals surface area contributed by atoms with Gasteiger partial charge in [-0.1, -0.05) is 109 Å². The van der Waals surface area contributed by atoms with Crippen molar-refractivity contribution in [2.75, 3.05) is 17.4 Å². The predicted molar refractivity (Wildman–Crippen MR) is 183 cm³/mol. The lowest BCUT2D eigenvalue weighted by Gasteiger charge is -2.34. The molecule has 0 spiro atoms. The highest BCUT2D eigenvalue weighted by Crippen LogP contribution is 2.26. The first-order valence-electron chi connectivity index (χ1n) is 15.1. The Hall–Kier alpha value is -3.95. The third kappa shape index (κ3) is 9.28. The van der Waals surface area contributed by atoms with Gasteiger partial charge in [-0.3, -0.25) is 13.9 Å². The molecule has 4 aromatic carbocycles. The molecule has 0 saturated heterocycles. The lowest BCUT2D eigenvalue weighted by molar-refractivity contribution is -0.140. The van der Waals surface area contributed by atoms with Crippen LogP contribution in [-0.2, 0) is 39.0 Å². The molecular weight excluding hydrogens is 650 g/mol. The van der Waals surface area contributed by atoms with Crippen LogP contribution >= 0.6 is 15.9 Å². The van der Waals surface area contributed by atoms with Crippen molar-refractivity contribution in [3.63, 3.8) is 0 Å². The van der Waals surface area contributed by atoms with Gasteiger partial charge in [0.1, 0.15) is 12.6 Å². The van der Waals surface area contributed by atoms with Gasteiger partial charge in [-0.15, -0.1) is 0 Å². The summed E-state index contributed by atoms with van der Waals surface area (Å²) in [5.74, 6) is -0.575. The number of hydrogen-bond acceptors (Lipinski definition) is 4. The number of carbonyl (C=O) groups is 2. The van der Waals surface area contributed by atoms with Gasteiger partial charge in [0.15, 0.2) is 0 Å². The number of carbonyl (C=O) groups excluding carboxylic acids is 2. The molecule has 0 fully saturated rings. The average Bonchev–Trinajstić information content (AvgIpc) is 3.05. The first kappa shape index (κ1) is 33.9. The molecule has 4 rings (SSSR count). The third-order valence-electron chi connectivity index (χ3n) is 7.44. The van der Waals surface area contributed by atoms with Crippen LogP contribution < -0.4 is 9.62 Å². The van der Waals surface area contributed by atoms with Gasteiger partial charge in [-0.05, 0) is 65.4 Å². The molecule has 0 aromatic heterocycles. The van der Waals surface area contributed by atoms with Crippen LogP contribution in [-0.4, -0.2) is 44.3 Å². The Morgan fingerprint density at radius 1 is 0.800 bits per heavy atom. The number of nitrogens with zero attached hydrogens (tertiary/aromatic N) is 2. The average molecular weight is 691 g/mol. The minimum Gasteiger partial charge on any atom is -0.354 e. The Morgan fingerprint density at radius 3 is 2.02 bits per heavy atom. The Kier molecular flexibility index (Phi) is 12.0. The van der Waals surface area contributed by atoms with Crippen LogP contribution in [0.5, 0.6) is 0 Å². The van der Waals surface area contributed by atoms with Crippen molar-refractivity contribution >= 4 is 43.5 Å². The zero-order valence-corrected chi connectivity index (χ0v) is 28.3. The maximum Gasteiger partial charge on any atom is 0.264 e. The molecule has 0 aliphatic rings. The number of benzene rings is 4. The summed E-state index contributed by atoms with van der Waals surface area (Å²) in [6.45, 7) is 6.10. The molecule has 2 amide bonds. The summed E-state index contributed by atoms with van der Waals surface area (Å²) in [6.07, 6.45) is 1.05. The first-order valence-corrected chi connectivity index (χ1v) is 17.3. The van der Waals surface area contributed by atoms with Crippen LogP contribution in [0.3, 0.4) is 0 Å². The number of sulfonamides is 1. The van der Waals surface area contributed by atoms with E-state index in [1.807, 2.05) is 87.5 Å². The van der Waals surface area contributed by atoms with Crippen molar-refractivity contribution in [1.82, 2.24) is 10.2 Å². The SMILES string of the molecule is CCc1ccc(N(CC(=O)N(Cc2cccc(Br)c2)C(Cc2ccccc2)C(=O)NCC(C)C)S(=O)(=O)c2ccccc2)cc1. The summed E-state index contributed by atoms with van der Waals surface area (Å²) >= 11 is 3.51. The monoisotopic (exact) mass is 689 g/mol. The lowest BCUT2D eigenvalue weighted by Crippen LogP contribution is -2.53. The molecule has 9 heteroatoms. The molecule has 1 unspecified atom stereocenters. The number of hydrogen-bond donors (Lipinski definition) is 1. The summed E-state index contributed by atoms with van der Waals surface area (Å²) in [4.78, 5) is 30.0. The molecule has 1 atom stereocenters. The van der Waals surface area contributed by atoms with E-state index in [2.05, 4.69) is 21.2 Å². The van der Waals surface area contributed by atoms with Gasteiger partial charge >= 0.3 is 0 Å². The van der Waals surface area contributed by atoms with Crippen LogP contribution in [0.25, 0.3) is 0 Å². The lowest BCUT2D eigenvalue weighted by atomic mass is 10.0. The molecule has 0 radical (unpaired) electrons. The van der Waals surface area contributed by atoms with Crippen molar-refractivity contribution in [3.05, 3.63) is 130 Å². The molecule has 0 saturated carbocycles. The molecule has 0 aliphatic carbocycles. The van der Waals surface area contributed by atoms with E-state index in [-0.39, 0.29) is 29.7 Å². The standard InChI is InChI=1S/C36H40BrN3O4S/c1-4-28-18-20-32(21-19-28)40(45(43,44)33-16-9-6-10-17-33)26-35(41)39(25-30-14-11-15-31(37)22-30)34(36(42)38-24-27(2)3)23-29-12-7-5-8-13-29/h5-22,27,34H,4,23-26H2,1-3H3,(H,38,42). The highest BCUT2D eigenvalue weighted by Gasteiger charge is 2.34. The summed E-state index contributed by atoms with van der Waals surface area (Å²) in [7, 11) is -4.13. The Morgan fingerprint density at radius 2 is 1.42 bits per heavy atom. The maximum atomic E-state index is 14.5.